The van der Waals surface area contributed by atoms with Gasteiger partial charge in [-0.2, -0.15) is 0 Å². The molecular formula is C24H27N6O8P. The predicted molar refractivity (Wildman–Crippen MR) is 138 cm³/mol. The van der Waals surface area contributed by atoms with Crippen molar-refractivity contribution in [3.05, 3.63) is 115 Å². The Bertz CT molecular complexity index is 1510. The number of hydrogen-bond acceptors (Lipinski definition) is 9. The molecule has 0 radical (unpaired) electrons. The van der Waals surface area contributed by atoms with Gasteiger partial charge in [0.1, 0.15) is 12.2 Å². The maximum absolute atomic E-state index is 13.8. The van der Waals surface area contributed by atoms with E-state index in [0.29, 0.717) is 0 Å². The van der Waals surface area contributed by atoms with Gasteiger partial charge < -0.3 is 14.9 Å². The number of hydrogen-bond donors (Lipinski definition) is 4. The molecule has 0 spiro atoms. The van der Waals surface area contributed by atoms with E-state index >= 15 is 0 Å². The minimum absolute atomic E-state index is 0.0852. The van der Waals surface area contributed by atoms with Gasteiger partial charge in [0.25, 0.3) is 5.56 Å². The fraction of sp³-hybridized carbons (Fsp3) is 0.333. The van der Waals surface area contributed by atoms with Crippen LogP contribution in [0.25, 0.3) is 10.4 Å². The van der Waals surface area contributed by atoms with E-state index in [0.717, 1.165) is 33.5 Å². The summed E-state index contributed by atoms with van der Waals surface area (Å²) >= 11 is 0. The van der Waals surface area contributed by atoms with E-state index in [1.807, 2.05) is 30.1 Å². The lowest BCUT2D eigenvalue weighted by molar-refractivity contribution is -0.122. The first-order valence-electron chi connectivity index (χ1n) is 11.8. The second kappa shape index (κ2) is 12.1. The van der Waals surface area contributed by atoms with Crippen molar-refractivity contribution in [2.45, 2.75) is 44.2 Å². The van der Waals surface area contributed by atoms with Gasteiger partial charge in [-0.15, -0.1) is 0 Å². The number of nitrogens with zero attached hydrogens (tertiary/aromatic N) is 4. The molecule has 1 aliphatic rings. The lowest BCUT2D eigenvalue weighted by Crippen LogP contribution is -2.45. The van der Waals surface area contributed by atoms with Gasteiger partial charge in [-0.25, -0.2) is 14.4 Å². The van der Waals surface area contributed by atoms with Crippen molar-refractivity contribution in [3.63, 3.8) is 0 Å². The molecule has 1 fully saturated rings. The van der Waals surface area contributed by atoms with Crippen LogP contribution in [-0.4, -0.2) is 44.3 Å². The number of aromatic nitrogens is 2. The molecule has 0 amide bonds. The van der Waals surface area contributed by atoms with Crippen LogP contribution in [0.4, 0.5) is 0 Å². The first-order valence-corrected chi connectivity index (χ1v) is 13.3. The Labute approximate surface area is 222 Å². The van der Waals surface area contributed by atoms with Crippen molar-refractivity contribution in [1.29, 1.82) is 0 Å². The second-order valence-electron chi connectivity index (χ2n) is 8.79. The lowest BCUT2D eigenvalue weighted by atomic mass is 10.1. The van der Waals surface area contributed by atoms with E-state index in [2.05, 4.69) is 15.1 Å². The molecule has 5 atom stereocenters. The average Bonchev–Trinajstić information content (AvgIpc) is 3.17. The summed E-state index contributed by atoms with van der Waals surface area (Å²) in [4.78, 5) is 28.4. The van der Waals surface area contributed by atoms with Gasteiger partial charge in [-0.05, 0) is 29.1 Å². The summed E-state index contributed by atoms with van der Waals surface area (Å²) < 4.78 is 31.6. The third kappa shape index (κ3) is 6.53. The van der Waals surface area contributed by atoms with Crippen LogP contribution < -0.4 is 16.3 Å². The highest BCUT2D eigenvalue weighted by molar-refractivity contribution is 7.51. The van der Waals surface area contributed by atoms with Crippen LogP contribution in [-0.2, 0) is 31.5 Å². The zero-order valence-corrected chi connectivity index (χ0v) is 21.7. The van der Waals surface area contributed by atoms with E-state index in [1.165, 1.54) is 0 Å². The molecular weight excluding hydrogens is 531 g/mol. The quantitative estimate of drug-likeness (QED) is 0.118. The molecule has 0 saturated carbocycles. The fourth-order valence-electron chi connectivity index (χ4n) is 3.94. The third-order valence-electron chi connectivity index (χ3n) is 6.15. The monoisotopic (exact) mass is 558 g/mol. The highest BCUT2D eigenvalue weighted by atomic mass is 31.2. The molecule has 1 unspecified atom stereocenters. The van der Waals surface area contributed by atoms with Crippen molar-refractivity contribution in [2.24, 2.45) is 5.11 Å². The first-order chi connectivity index (χ1) is 18.7. The molecule has 39 heavy (non-hydrogen) atoms. The van der Waals surface area contributed by atoms with Gasteiger partial charge in [0.2, 0.25) is 5.72 Å². The van der Waals surface area contributed by atoms with Gasteiger partial charge in [-0.1, -0.05) is 59.7 Å². The number of aryl methyl sites for hydroxylation is 1. The number of H-pyrrole nitrogens is 1. The zero-order valence-electron chi connectivity index (χ0n) is 20.8. The van der Waals surface area contributed by atoms with Gasteiger partial charge in [0.05, 0.1) is 13.2 Å². The van der Waals surface area contributed by atoms with Crippen molar-refractivity contribution in [1.82, 2.24) is 14.6 Å². The normalized spacial score (nSPS) is 24.1. The Kier molecular flexibility index (Phi) is 8.80. The van der Waals surface area contributed by atoms with E-state index < -0.39 is 49.8 Å². The van der Waals surface area contributed by atoms with Crippen molar-refractivity contribution in [2.75, 3.05) is 6.61 Å². The van der Waals surface area contributed by atoms with Crippen LogP contribution in [0.3, 0.4) is 0 Å². The Morgan fingerprint density at radius 3 is 2.56 bits per heavy atom. The average molecular weight is 558 g/mol. The van der Waals surface area contributed by atoms with Crippen LogP contribution >= 0.6 is 7.75 Å². The molecule has 0 aliphatic carbocycles. The summed E-state index contributed by atoms with van der Waals surface area (Å²) in [5, 5.41) is 27.7. The molecule has 4 rings (SSSR count). The summed E-state index contributed by atoms with van der Waals surface area (Å²) in [6, 6.07) is 17.3. The van der Waals surface area contributed by atoms with E-state index in [4.69, 9.17) is 13.8 Å². The van der Waals surface area contributed by atoms with E-state index in [9.17, 15) is 29.9 Å². The van der Waals surface area contributed by atoms with Crippen molar-refractivity contribution >= 4 is 7.75 Å². The number of benzene rings is 2. The summed E-state index contributed by atoms with van der Waals surface area (Å²) in [6.07, 6.45) is -4.21. The smallest absolute Gasteiger partial charge is 0.387 e. The number of nitrogens with one attached hydrogen (secondary N) is 2. The third-order valence-corrected chi connectivity index (χ3v) is 7.64. The van der Waals surface area contributed by atoms with Gasteiger partial charge in [0.15, 0.2) is 6.23 Å². The number of aromatic amines is 1. The van der Waals surface area contributed by atoms with Gasteiger partial charge >= 0.3 is 13.4 Å². The summed E-state index contributed by atoms with van der Waals surface area (Å²) in [6.45, 7) is 1.03. The maximum atomic E-state index is 13.8. The Balaban J connectivity index is 1.59. The number of aliphatic hydroxyl groups excluding tert-OH is 2. The molecule has 1 aromatic heterocycles. The van der Waals surface area contributed by atoms with E-state index in [-0.39, 0.29) is 13.2 Å². The van der Waals surface area contributed by atoms with Gasteiger partial charge in [0, 0.05) is 23.7 Å². The number of azide groups is 1. The van der Waals surface area contributed by atoms with Crippen LogP contribution in [0.15, 0.2) is 81.6 Å². The number of aliphatic hydroxyl groups is 2. The molecule has 206 valence electrons. The van der Waals surface area contributed by atoms with Crippen LogP contribution in [0, 0.1) is 6.92 Å². The minimum Gasteiger partial charge on any atom is -0.387 e. The highest BCUT2D eigenvalue weighted by Gasteiger charge is 2.56. The van der Waals surface area contributed by atoms with Crippen molar-refractivity contribution < 1.29 is 28.6 Å². The van der Waals surface area contributed by atoms with Crippen LogP contribution in [0.2, 0.25) is 0 Å². The number of rotatable bonds is 11. The lowest BCUT2D eigenvalue weighted by Gasteiger charge is -2.29. The maximum Gasteiger partial charge on any atom is 0.406 e. The van der Waals surface area contributed by atoms with Crippen LogP contribution in [0.5, 0.6) is 0 Å². The molecule has 14 nitrogen and oxygen atoms in total. The zero-order chi connectivity index (χ0) is 28.0. The number of ether oxygens (including phenoxy) is 1. The highest BCUT2D eigenvalue weighted by Crippen LogP contribution is 2.48. The predicted octanol–water partition coefficient (Wildman–Crippen LogP) is 2.23. The molecule has 1 aliphatic heterocycles. The standard InChI is InChI=1S/C24H27N6O8P/c1-16-7-5-6-10-18(16)14-36-39(35,26-13-17-8-3-2-4-9-17)37-15-24(28-29-25)21(33)20(32)22(38-24)30-12-11-19(31)27-23(30)34/h2-12,20-22,32-33H,13-15H2,1H3,(H,26,35)(H,27,31,34)/t20-,21+,22-,24-,39?/m1/s1. The molecule has 0 bridgehead atoms. The molecule has 15 heteroatoms. The fourth-order valence-corrected chi connectivity index (χ4v) is 5.24. The van der Waals surface area contributed by atoms with Crippen LogP contribution in [0.1, 0.15) is 22.9 Å². The van der Waals surface area contributed by atoms with E-state index in [1.54, 1.807) is 36.4 Å². The molecule has 2 heterocycles. The largest absolute Gasteiger partial charge is 0.406 e. The first kappa shape index (κ1) is 28.4. The summed E-state index contributed by atoms with van der Waals surface area (Å²) in [5.41, 5.74) is 7.69. The van der Waals surface area contributed by atoms with Crippen molar-refractivity contribution in [3.8, 4) is 0 Å². The topological polar surface area (TPSA) is 201 Å². The SMILES string of the molecule is Cc1ccccc1COP(=O)(NCc1ccccc1)OC[C@@]1(N=[N+]=[N-])O[C@@H](n2ccc(=O)[nH]c2=O)[C@H](O)[C@@H]1O. The summed E-state index contributed by atoms with van der Waals surface area (Å²) in [7, 11) is -4.16. The minimum atomic E-state index is -4.16. The molecule has 1 saturated heterocycles. The summed E-state index contributed by atoms with van der Waals surface area (Å²) in [5.74, 6) is 0. The Morgan fingerprint density at radius 2 is 1.87 bits per heavy atom. The molecule has 4 N–H and O–H groups in total. The van der Waals surface area contributed by atoms with Gasteiger partial charge in [-0.3, -0.25) is 23.4 Å². The molecule has 3 aromatic rings. The Hall–Kier alpha value is -3.58. The molecule has 2 aromatic carbocycles. The second-order valence-corrected chi connectivity index (χ2v) is 10.6. The Morgan fingerprint density at radius 1 is 1.15 bits per heavy atom.